The molecule has 1 unspecified atom stereocenters. The van der Waals surface area contributed by atoms with Crippen LogP contribution >= 0.6 is 0 Å². The second-order valence-corrected chi connectivity index (χ2v) is 6.98. The zero-order valence-electron chi connectivity index (χ0n) is 12.3. The van der Waals surface area contributed by atoms with Crippen LogP contribution in [0.25, 0.3) is 0 Å². The van der Waals surface area contributed by atoms with Crippen molar-refractivity contribution >= 4 is 0 Å². The van der Waals surface area contributed by atoms with Gasteiger partial charge in [-0.05, 0) is 49.8 Å². The molecule has 1 aromatic carbocycles. The third-order valence-electron chi connectivity index (χ3n) is 6.30. The minimum Gasteiger partial charge on any atom is -0.493 e. The lowest BCUT2D eigenvalue weighted by Crippen LogP contribution is -2.66. The van der Waals surface area contributed by atoms with Crippen molar-refractivity contribution in [2.45, 2.75) is 49.3 Å². The number of ether oxygens (including phenoxy) is 2. The van der Waals surface area contributed by atoms with Gasteiger partial charge in [-0.3, -0.25) is 0 Å². The van der Waals surface area contributed by atoms with Crippen LogP contribution in [0.15, 0.2) is 12.1 Å². The molecular formula is C17H21NO3. The fraction of sp³-hybridized carbons (Fsp3) is 0.647. The predicted octanol–water partition coefficient (Wildman–Crippen LogP) is 1.38. The Bertz CT molecular complexity index is 616. The van der Waals surface area contributed by atoms with E-state index >= 15 is 0 Å². The predicted molar refractivity (Wildman–Crippen MR) is 77.9 cm³/mol. The average molecular weight is 287 g/mol. The fourth-order valence-corrected chi connectivity index (χ4v) is 5.59. The molecule has 0 amide bonds. The molecule has 0 aromatic heterocycles. The zero-order chi connectivity index (χ0) is 14.2. The minimum atomic E-state index is -0.358. The van der Waals surface area contributed by atoms with Crippen LogP contribution < -0.4 is 14.8 Å². The van der Waals surface area contributed by atoms with Gasteiger partial charge in [0.15, 0.2) is 11.5 Å². The quantitative estimate of drug-likeness (QED) is 0.819. The van der Waals surface area contributed by atoms with Gasteiger partial charge in [0.05, 0.1) is 13.2 Å². The van der Waals surface area contributed by atoms with Gasteiger partial charge in [0.1, 0.15) is 6.10 Å². The van der Waals surface area contributed by atoms with Gasteiger partial charge in [-0.25, -0.2) is 0 Å². The van der Waals surface area contributed by atoms with Crippen LogP contribution in [0.1, 0.15) is 30.4 Å². The summed E-state index contributed by atoms with van der Waals surface area (Å²) in [5, 5.41) is 14.3. The highest BCUT2D eigenvalue weighted by Gasteiger charge is 2.64. The van der Waals surface area contributed by atoms with E-state index in [4.69, 9.17) is 9.47 Å². The summed E-state index contributed by atoms with van der Waals surface area (Å²) in [5.74, 6) is 2.31. The molecule has 0 radical (unpaired) electrons. The number of hydrogen-bond donors (Lipinski definition) is 2. The molecule has 4 aliphatic rings. The first kappa shape index (κ1) is 12.3. The lowest BCUT2D eigenvalue weighted by Gasteiger charge is -2.56. The Morgan fingerprint density at radius 2 is 2.29 bits per heavy atom. The maximum Gasteiger partial charge on any atom is 0.165 e. The number of hydrogen-bond acceptors (Lipinski definition) is 4. The van der Waals surface area contributed by atoms with Crippen molar-refractivity contribution in [1.29, 1.82) is 0 Å². The van der Waals surface area contributed by atoms with Gasteiger partial charge in [0.25, 0.3) is 0 Å². The Balaban J connectivity index is 1.81. The number of nitrogens with one attached hydrogen (secondary N) is 1. The molecule has 1 spiro atoms. The van der Waals surface area contributed by atoms with Gasteiger partial charge in [-0.2, -0.15) is 0 Å². The van der Waals surface area contributed by atoms with Crippen molar-refractivity contribution in [1.82, 2.24) is 5.32 Å². The van der Waals surface area contributed by atoms with Crippen molar-refractivity contribution in [3.05, 3.63) is 23.3 Å². The number of rotatable bonds is 1. The first-order valence-electron chi connectivity index (χ1n) is 8.04. The van der Waals surface area contributed by atoms with Crippen molar-refractivity contribution in [3.8, 4) is 11.5 Å². The van der Waals surface area contributed by atoms with Crippen molar-refractivity contribution in [3.63, 3.8) is 0 Å². The maximum atomic E-state index is 10.6. The highest BCUT2D eigenvalue weighted by atomic mass is 16.5. The van der Waals surface area contributed by atoms with E-state index in [1.165, 1.54) is 11.1 Å². The van der Waals surface area contributed by atoms with Gasteiger partial charge < -0.3 is 19.9 Å². The molecule has 2 aliphatic carbocycles. The normalized spacial score (nSPS) is 42.2. The van der Waals surface area contributed by atoms with Gasteiger partial charge >= 0.3 is 0 Å². The first-order valence-corrected chi connectivity index (χ1v) is 8.04. The van der Waals surface area contributed by atoms with Crippen molar-refractivity contribution in [2.75, 3.05) is 13.7 Å². The number of aliphatic hydroxyl groups excluding tert-OH is 1. The number of aliphatic hydroxyl groups is 1. The summed E-state index contributed by atoms with van der Waals surface area (Å²) in [6.07, 6.45) is 3.62. The monoisotopic (exact) mass is 287 g/mol. The van der Waals surface area contributed by atoms with Crippen LogP contribution in [-0.2, 0) is 11.8 Å². The SMILES string of the molecule is COc1ccc2c3c1O[C@H]1[C@@H](O)CCC4[C@@H](C2)NCC[C@@]341. The minimum absolute atomic E-state index is 0.00500. The Labute approximate surface area is 124 Å². The molecule has 5 atom stereocenters. The lowest BCUT2D eigenvalue weighted by atomic mass is 9.52. The summed E-state index contributed by atoms with van der Waals surface area (Å²) in [7, 11) is 1.70. The van der Waals surface area contributed by atoms with E-state index in [0.717, 1.165) is 43.7 Å². The van der Waals surface area contributed by atoms with Crippen LogP contribution in [0.2, 0.25) is 0 Å². The van der Waals surface area contributed by atoms with Crippen LogP contribution in [0.5, 0.6) is 11.5 Å². The Morgan fingerprint density at radius 1 is 1.38 bits per heavy atom. The first-order chi connectivity index (χ1) is 10.3. The van der Waals surface area contributed by atoms with Crippen LogP contribution in [-0.4, -0.2) is 37.0 Å². The van der Waals surface area contributed by atoms with E-state index in [1.54, 1.807) is 7.11 Å². The smallest absolute Gasteiger partial charge is 0.165 e. The molecule has 1 aromatic rings. The molecule has 21 heavy (non-hydrogen) atoms. The summed E-state index contributed by atoms with van der Waals surface area (Å²) in [6.45, 7) is 1.02. The third kappa shape index (κ3) is 1.29. The lowest BCUT2D eigenvalue weighted by molar-refractivity contribution is -0.0761. The molecule has 2 bridgehead atoms. The van der Waals surface area contributed by atoms with Crippen LogP contribution in [0.4, 0.5) is 0 Å². The fourth-order valence-electron chi connectivity index (χ4n) is 5.59. The molecule has 2 heterocycles. The second kappa shape index (κ2) is 3.93. The largest absolute Gasteiger partial charge is 0.493 e. The molecule has 112 valence electrons. The number of piperidine rings is 1. The molecule has 5 rings (SSSR count). The van der Waals surface area contributed by atoms with Crippen LogP contribution in [0, 0.1) is 5.92 Å². The standard InChI is InChI=1S/C17H21NO3/c1-20-13-5-2-9-8-11-10-3-4-12(19)16-17(10,6-7-18-11)14(9)15(13)21-16/h2,5,10-12,16,18-19H,3-4,6-8H2,1H3/t10?,11-,12+,16+,17+/m1/s1. The molecule has 1 saturated heterocycles. The van der Waals surface area contributed by atoms with Crippen molar-refractivity contribution in [2.24, 2.45) is 5.92 Å². The summed E-state index contributed by atoms with van der Waals surface area (Å²) in [6, 6.07) is 4.75. The molecule has 4 heteroatoms. The van der Waals surface area contributed by atoms with E-state index in [0.29, 0.717) is 12.0 Å². The Kier molecular flexibility index (Phi) is 2.30. The molecule has 2 N–H and O–H groups in total. The van der Waals surface area contributed by atoms with E-state index in [9.17, 15) is 5.11 Å². The average Bonchev–Trinajstić information content (AvgIpc) is 2.83. The highest BCUT2D eigenvalue weighted by molar-refractivity contribution is 5.61. The van der Waals surface area contributed by atoms with E-state index in [2.05, 4.69) is 11.4 Å². The molecule has 2 aliphatic heterocycles. The summed E-state index contributed by atoms with van der Waals surface area (Å²) < 4.78 is 11.8. The van der Waals surface area contributed by atoms with E-state index in [1.807, 2.05) is 6.07 Å². The van der Waals surface area contributed by atoms with Gasteiger partial charge in [-0.15, -0.1) is 0 Å². The molecule has 4 nitrogen and oxygen atoms in total. The maximum absolute atomic E-state index is 10.6. The second-order valence-electron chi connectivity index (χ2n) is 6.98. The number of benzene rings is 1. The summed E-state index contributed by atoms with van der Waals surface area (Å²) >= 11 is 0. The van der Waals surface area contributed by atoms with Gasteiger partial charge in [-0.1, -0.05) is 6.07 Å². The van der Waals surface area contributed by atoms with E-state index in [-0.39, 0.29) is 17.6 Å². The van der Waals surface area contributed by atoms with E-state index < -0.39 is 0 Å². The number of methoxy groups -OCH3 is 1. The molecule has 2 fully saturated rings. The third-order valence-corrected chi connectivity index (χ3v) is 6.30. The van der Waals surface area contributed by atoms with Crippen LogP contribution in [0.3, 0.4) is 0 Å². The zero-order valence-corrected chi connectivity index (χ0v) is 12.3. The molecular weight excluding hydrogens is 266 g/mol. The molecule has 1 saturated carbocycles. The topological polar surface area (TPSA) is 50.7 Å². The summed E-state index contributed by atoms with van der Waals surface area (Å²) in [5.41, 5.74) is 2.74. The van der Waals surface area contributed by atoms with Crippen molar-refractivity contribution < 1.29 is 14.6 Å². The highest BCUT2D eigenvalue weighted by Crippen LogP contribution is 2.62. The Hall–Kier alpha value is -1.26. The summed E-state index contributed by atoms with van der Waals surface area (Å²) in [4.78, 5) is 0. The Morgan fingerprint density at radius 3 is 3.14 bits per heavy atom. The van der Waals surface area contributed by atoms with Gasteiger partial charge in [0, 0.05) is 17.0 Å². The van der Waals surface area contributed by atoms with Gasteiger partial charge in [0.2, 0.25) is 0 Å².